The Bertz CT molecular complexity index is 1380. The smallest absolute Gasteiger partial charge is 0.253 e. The third-order valence-corrected chi connectivity index (χ3v) is 6.16. The first kappa shape index (κ1) is 21.4. The quantitative estimate of drug-likeness (QED) is 0.387. The van der Waals surface area contributed by atoms with Crippen LogP contribution in [-0.2, 0) is 0 Å². The second-order valence-electron chi connectivity index (χ2n) is 8.50. The molecular formula is C25H24ClN5O2. The lowest BCUT2D eigenvalue weighted by Gasteiger charge is -2.15. The molecule has 0 amide bonds. The van der Waals surface area contributed by atoms with E-state index in [1.807, 2.05) is 38.1 Å². The number of aromatic nitrogens is 4. The van der Waals surface area contributed by atoms with Crippen molar-refractivity contribution in [1.82, 2.24) is 19.9 Å². The van der Waals surface area contributed by atoms with Gasteiger partial charge in [-0.05, 0) is 62.4 Å². The highest BCUT2D eigenvalue weighted by Crippen LogP contribution is 2.34. The van der Waals surface area contributed by atoms with E-state index in [1.54, 1.807) is 24.7 Å². The number of ether oxygens (including phenoxy) is 1. The maximum absolute atomic E-state index is 12.9. The molecule has 1 fully saturated rings. The summed E-state index contributed by atoms with van der Waals surface area (Å²) < 4.78 is 5.83. The van der Waals surface area contributed by atoms with E-state index in [2.05, 4.69) is 25.3 Å². The highest BCUT2D eigenvalue weighted by atomic mass is 35.5. The van der Waals surface area contributed by atoms with E-state index < -0.39 is 0 Å². The third kappa shape index (κ3) is 4.68. The highest BCUT2D eigenvalue weighted by molar-refractivity contribution is 6.32. The SMILES string of the molecule is Cc1cnccc1-c1ccnc(N[C@@H](C)c2cc3cc(Cl)c(OCC4CC4)cc3[nH]c2=O)n1. The summed E-state index contributed by atoms with van der Waals surface area (Å²) in [5.41, 5.74) is 3.88. The highest BCUT2D eigenvalue weighted by Gasteiger charge is 2.22. The summed E-state index contributed by atoms with van der Waals surface area (Å²) in [7, 11) is 0. The van der Waals surface area contributed by atoms with Gasteiger partial charge in [0.15, 0.2) is 0 Å². The number of rotatable bonds is 7. The Hall–Kier alpha value is -3.45. The number of nitrogens with one attached hydrogen (secondary N) is 2. The van der Waals surface area contributed by atoms with Crippen molar-refractivity contribution in [2.45, 2.75) is 32.7 Å². The molecular weight excluding hydrogens is 438 g/mol. The van der Waals surface area contributed by atoms with Crippen LogP contribution in [0, 0.1) is 12.8 Å². The van der Waals surface area contributed by atoms with Crippen LogP contribution < -0.4 is 15.6 Å². The summed E-state index contributed by atoms with van der Waals surface area (Å²) in [4.78, 5) is 28.9. The van der Waals surface area contributed by atoms with Gasteiger partial charge in [0.25, 0.3) is 5.56 Å². The third-order valence-electron chi connectivity index (χ3n) is 5.86. The van der Waals surface area contributed by atoms with Gasteiger partial charge in [0, 0.05) is 41.2 Å². The summed E-state index contributed by atoms with van der Waals surface area (Å²) in [5.74, 6) is 1.66. The summed E-state index contributed by atoms with van der Waals surface area (Å²) in [5, 5.41) is 4.61. The van der Waals surface area contributed by atoms with E-state index in [0.717, 1.165) is 22.2 Å². The normalized spacial score (nSPS) is 14.3. The topological polar surface area (TPSA) is 92.8 Å². The number of H-pyrrole nitrogens is 1. The van der Waals surface area contributed by atoms with E-state index in [1.165, 1.54) is 12.8 Å². The molecule has 1 atom stereocenters. The molecule has 5 rings (SSSR count). The fourth-order valence-corrected chi connectivity index (χ4v) is 3.99. The predicted octanol–water partition coefficient (Wildman–Crippen LogP) is 5.30. The number of benzene rings is 1. The van der Waals surface area contributed by atoms with Gasteiger partial charge in [-0.25, -0.2) is 9.97 Å². The van der Waals surface area contributed by atoms with Crippen molar-refractivity contribution >= 4 is 28.5 Å². The lowest BCUT2D eigenvalue weighted by molar-refractivity contribution is 0.300. The number of aromatic amines is 1. The fourth-order valence-electron chi connectivity index (χ4n) is 3.76. The zero-order chi connectivity index (χ0) is 22.9. The lowest BCUT2D eigenvalue weighted by Crippen LogP contribution is -2.20. The average molecular weight is 462 g/mol. The van der Waals surface area contributed by atoms with E-state index >= 15 is 0 Å². The Balaban J connectivity index is 1.40. The fraction of sp³-hybridized carbons (Fsp3) is 0.280. The lowest BCUT2D eigenvalue weighted by atomic mass is 10.1. The molecule has 4 aromatic rings. The average Bonchev–Trinajstić information content (AvgIpc) is 3.62. The molecule has 0 aliphatic heterocycles. The number of halogens is 1. The molecule has 0 bridgehead atoms. The minimum Gasteiger partial charge on any atom is -0.492 e. The molecule has 3 heterocycles. The number of hydrogen-bond acceptors (Lipinski definition) is 6. The van der Waals surface area contributed by atoms with E-state index in [0.29, 0.717) is 40.3 Å². The summed E-state index contributed by atoms with van der Waals surface area (Å²) in [6.07, 6.45) is 7.64. The molecule has 0 spiro atoms. The Labute approximate surface area is 196 Å². The largest absolute Gasteiger partial charge is 0.492 e. The van der Waals surface area contributed by atoms with Crippen molar-refractivity contribution in [1.29, 1.82) is 0 Å². The van der Waals surface area contributed by atoms with Crippen LogP contribution in [0.15, 0.2) is 53.7 Å². The van der Waals surface area contributed by atoms with Crippen molar-refractivity contribution in [3.63, 3.8) is 0 Å². The van der Waals surface area contributed by atoms with Gasteiger partial charge in [0.05, 0.1) is 28.9 Å². The molecule has 2 N–H and O–H groups in total. The van der Waals surface area contributed by atoms with Gasteiger partial charge >= 0.3 is 0 Å². The number of fused-ring (bicyclic) bond motifs is 1. The molecule has 0 radical (unpaired) electrons. The van der Waals surface area contributed by atoms with Crippen LogP contribution >= 0.6 is 11.6 Å². The molecule has 3 aromatic heterocycles. The summed E-state index contributed by atoms with van der Waals surface area (Å²) in [6, 6.07) is 8.93. The molecule has 168 valence electrons. The second-order valence-corrected chi connectivity index (χ2v) is 8.91. The number of aryl methyl sites for hydroxylation is 1. The van der Waals surface area contributed by atoms with Crippen LogP contribution in [0.3, 0.4) is 0 Å². The van der Waals surface area contributed by atoms with Crippen LogP contribution in [0.4, 0.5) is 5.95 Å². The minimum atomic E-state index is -0.323. The van der Waals surface area contributed by atoms with Crippen LogP contribution in [0.25, 0.3) is 22.2 Å². The second kappa shape index (κ2) is 8.83. The van der Waals surface area contributed by atoms with Gasteiger partial charge in [-0.2, -0.15) is 0 Å². The molecule has 0 saturated heterocycles. The molecule has 33 heavy (non-hydrogen) atoms. The predicted molar refractivity (Wildman–Crippen MR) is 130 cm³/mol. The first-order valence-electron chi connectivity index (χ1n) is 11.0. The van der Waals surface area contributed by atoms with Crippen LogP contribution in [-0.4, -0.2) is 26.5 Å². The van der Waals surface area contributed by atoms with Crippen LogP contribution in [0.5, 0.6) is 5.75 Å². The first-order chi connectivity index (χ1) is 16.0. The van der Waals surface area contributed by atoms with Gasteiger partial charge in [-0.3, -0.25) is 9.78 Å². The maximum atomic E-state index is 12.9. The first-order valence-corrected chi connectivity index (χ1v) is 11.4. The van der Waals surface area contributed by atoms with Crippen molar-refractivity contribution < 1.29 is 4.74 Å². The van der Waals surface area contributed by atoms with E-state index in [4.69, 9.17) is 16.3 Å². The van der Waals surface area contributed by atoms with Crippen LogP contribution in [0.1, 0.15) is 36.9 Å². The van der Waals surface area contributed by atoms with Gasteiger partial charge < -0.3 is 15.0 Å². The number of anilines is 1. The van der Waals surface area contributed by atoms with Crippen molar-refractivity contribution in [2.75, 3.05) is 11.9 Å². The van der Waals surface area contributed by atoms with Crippen LogP contribution in [0.2, 0.25) is 5.02 Å². The van der Waals surface area contributed by atoms with Crippen molar-refractivity contribution in [3.8, 4) is 17.0 Å². The molecule has 8 heteroatoms. The Morgan fingerprint density at radius 2 is 2.09 bits per heavy atom. The Morgan fingerprint density at radius 3 is 2.88 bits per heavy atom. The van der Waals surface area contributed by atoms with Crippen molar-refractivity contribution in [2.24, 2.45) is 5.92 Å². The monoisotopic (exact) mass is 461 g/mol. The summed E-state index contributed by atoms with van der Waals surface area (Å²) in [6.45, 7) is 4.55. The summed E-state index contributed by atoms with van der Waals surface area (Å²) >= 11 is 6.44. The number of nitrogens with zero attached hydrogens (tertiary/aromatic N) is 3. The Morgan fingerprint density at radius 1 is 1.24 bits per heavy atom. The minimum absolute atomic E-state index is 0.181. The zero-order valence-electron chi connectivity index (χ0n) is 18.4. The molecule has 1 aliphatic rings. The molecule has 1 aromatic carbocycles. The molecule has 1 aliphatic carbocycles. The molecule has 1 saturated carbocycles. The molecule has 0 unspecified atom stereocenters. The van der Waals surface area contributed by atoms with E-state index in [9.17, 15) is 4.79 Å². The van der Waals surface area contributed by atoms with Gasteiger partial charge in [-0.1, -0.05) is 11.6 Å². The zero-order valence-corrected chi connectivity index (χ0v) is 19.2. The number of pyridine rings is 2. The van der Waals surface area contributed by atoms with Crippen molar-refractivity contribution in [3.05, 3.63) is 75.4 Å². The van der Waals surface area contributed by atoms with Gasteiger partial charge in [0.1, 0.15) is 5.75 Å². The van der Waals surface area contributed by atoms with E-state index in [-0.39, 0.29) is 11.6 Å². The van der Waals surface area contributed by atoms with Gasteiger partial charge in [-0.15, -0.1) is 0 Å². The molecule has 7 nitrogen and oxygen atoms in total. The standard InChI is InChI=1S/C25H24ClN5O2/c1-14-12-27-7-5-18(14)21-6-8-28-25(31-21)29-15(2)19-9-17-10-20(26)23(33-13-16-3-4-16)11-22(17)30-24(19)32/h5-12,15-16H,3-4,13H2,1-2H3,(H,30,32)(H,28,29,31)/t15-/m0/s1. The Kier molecular flexibility index (Phi) is 5.72. The maximum Gasteiger partial charge on any atom is 0.253 e. The van der Waals surface area contributed by atoms with Gasteiger partial charge in [0.2, 0.25) is 5.95 Å². The number of hydrogen-bond donors (Lipinski definition) is 2.